The van der Waals surface area contributed by atoms with Crippen LogP contribution in [-0.2, 0) is 0 Å². The van der Waals surface area contributed by atoms with Crippen molar-refractivity contribution in [2.24, 2.45) is 0 Å². The molecule has 1 aliphatic heterocycles. The van der Waals surface area contributed by atoms with Crippen molar-refractivity contribution in [1.82, 2.24) is 4.98 Å². The molecule has 2 rings (SSSR count). The van der Waals surface area contributed by atoms with Crippen LogP contribution in [0.25, 0.3) is 0 Å². The molecule has 2 nitrogen and oxygen atoms in total. The van der Waals surface area contributed by atoms with Crippen molar-refractivity contribution in [2.45, 2.75) is 0 Å². The summed E-state index contributed by atoms with van der Waals surface area (Å²) in [5.41, 5.74) is 1.25. The number of likely N-dealkylation sites (N-methyl/N-ethyl adjacent to an activating group) is 1. The van der Waals surface area contributed by atoms with Crippen molar-refractivity contribution in [3.63, 3.8) is 0 Å². The molecule has 0 N–H and O–H groups in total. The van der Waals surface area contributed by atoms with Crippen molar-refractivity contribution in [1.29, 1.82) is 0 Å². The summed E-state index contributed by atoms with van der Waals surface area (Å²) in [5.74, 6) is 1.10. The van der Waals surface area contributed by atoms with Crippen LogP contribution < -0.4 is 4.90 Å². The fraction of sp³-hybridized carbons (Fsp3) is 0.250. The quantitative estimate of drug-likeness (QED) is 0.526. The van der Waals surface area contributed by atoms with E-state index in [-0.39, 0.29) is 0 Å². The molecule has 0 aliphatic carbocycles. The van der Waals surface area contributed by atoms with Crippen LogP contribution in [0.1, 0.15) is 5.56 Å². The Morgan fingerprint density at radius 2 is 2.50 bits per heavy atom. The Bertz CT molecular complexity index is 245. The number of pyridine rings is 1. The fourth-order valence-electron chi connectivity index (χ4n) is 1.21. The van der Waals surface area contributed by atoms with Gasteiger partial charge in [-0.25, -0.2) is 4.98 Å². The number of rotatable bonds is 0. The Morgan fingerprint density at radius 1 is 1.60 bits per heavy atom. The first-order valence-corrected chi connectivity index (χ1v) is 3.37. The Labute approximate surface area is 60.5 Å². The monoisotopic (exact) mass is 133 g/mol. The molecule has 1 aliphatic rings. The predicted octanol–water partition coefficient (Wildman–Crippen LogP) is 1.08. The lowest BCUT2D eigenvalue weighted by Crippen LogP contribution is -2.12. The molecule has 0 amide bonds. The number of fused-ring (bicyclic) bond motifs is 1. The highest BCUT2D eigenvalue weighted by molar-refractivity contribution is 5.55. The van der Waals surface area contributed by atoms with E-state index in [1.54, 1.807) is 0 Å². The third kappa shape index (κ3) is 0.685. The van der Waals surface area contributed by atoms with Gasteiger partial charge in [-0.3, -0.25) is 0 Å². The zero-order chi connectivity index (χ0) is 6.97. The van der Waals surface area contributed by atoms with Crippen LogP contribution in [0.15, 0.2) is 18.3 Å². The minimum absolute atomic E-state index is 0.992. The fourth-order valence-corrected chi connectivity index (χ4v) is 1.21. The first-order chi connectivity index (χ1) is 4.88. The average molecular weight is 133 g/mol. The van der Waals surface area contributed by atoms with Gasteiger partial charge in [0.05, 0.1) is 0 Å². The summed E-state index contributed by atoms with van der Waals surface area (Å²) in [6.45, 7) is 0.992. The summed E-state index contributed by atoms with van der Waals surface area (Å²) in [6.07, 6.45) is 4.01. The van der Waals surface area contributed by atoms with Crippen LogP contribution in [-0.4, -0.2) is 18.6 Å². The van der Waals surface area contributed by atoms with E-state index in [0.29, 0.717) is 0 Å². The maximum atomic E-state index is 4.23. The van der Waals surface area contributed by atoms with Crippen LogP contribution in [0.4, 0.5) is 5.82 Å². The smallest absolute Gasteiger partial charge is 0.131 e. The molecule has 51 valence electrons. The summed E-state index contributed by atoms with van der Waals surface area (Å²) in [6, 6.07) is 4.06. The molecule has 1 radical (unpaired) electrons. The number of hydrogen-bond donors (Lipinski definition) is 0. The highest BCUT2D eigenvalue weighted by atomic mass is 15.2. The van der Waals surface area contributed by atoms with Crippen molar-refractivity contribution in [3.8, 4) is 0 Å². The summed E-state index contributed by atoms with van der Waals surface area (Å²) >= 11 is 0. The van der Waals surface area contributed by atoms with Gasteiger partial charge in [0.2, 0.25) is 0 Å². The second-order valence-corrected chi connectivity index (χ2v) is 2.50. The van der Waals surface area contributed by atoms with Crippen LogP contribution in [0.5, 0.6) is 0 Å². The van der Waals surface area contributed by atoms with Crippen molar-refractivity contribution in [2.75, 3.05) is 18.5 Å². The van der Waals surface area contributed by atoms with Crippen LogP contribution in [0.3, 0.4) is 0 Å². The van der Waals surface area contributed by atoms with E-state index in [4.69, 9.17) is 0 Å². The van der Waals surface area contributed by atoms with Gasteiger partial charge in [-0.05, 0) is 6.07 Å². The topological polar surface area (TPSA) is 16.1 Å². The molecular weight excluding hydrogens is 124 g/mol. The Balaban J connectivity index is 2.51. The van der Waals surface area contributed by atoms with Gasteiger partial charge in [0, 0.05) is 31.8 Å². The minimum Gasteiger partial charge on any atom is -0.359 e. The van der Waals surface area contributed by atoms with E-state index >= 15 is 0 Å². The molecule has 2 heterocycles. The highest BCUT2D eigenvalue weighted by Crippen LogP contribution is 2.23. The Kier molecular flexibility index (Phi) is 1.13. The van der Waals surface area contributed by atoms with Crippen LogP contribution in [0.2, 0.25) is 0 Å². The first kappa shape index (κ1) is 5.71. The lowest BCUT2D eigenvalue weighted by atomic mass is 10.2. The molecule has 10 heavy (non-hydrogen) atoms. The maximum Gasteiger partial charge on any atom is 0.131 e. The standard InChI is InChI=1S/C8H9N2/c1-10-6-4-7-3-2-5-9-8(7)10/h2-5H,6H2,1H3. The molecule has 0 aromatic carbocycles. The normalized spacial score (nSPS) is 15.5. The van der Waals surface area contributed by atoms with E-state index in [0.717, 1.165) is 12.4 Å². The number of anilines is 1. The summed E-state index contributed by atoms with van der Waals surface area (Å²) in [7, 11) is 2.05. The highest BCUT2D eigenvalue weighted by Gasteiger charge is 2.15. The lowest BCUT2D eigenvalue weighted by molar-refractivity contribution is 1.02. The third-order valence-corrected chi connectivity index (χ3v) is 1.76. The van der Waals surface area contributed by atoms with Crippen molar-refractivity contribution in [3.05, 3.63) is 30.3 Å². The zero-order valence-electron chi connectivity index (χ0n) is 5.91. The van der Waals surface area contributed by atoms with Gasteiger partial charge in [-0.2, -0.15) is 0 Å². The summed E-state index contributed by atoms with van der Waals surface area (Å²) in [5, 5.41) is 0. The van der Waals surface area contributed by atoms with Crippen molar-refractivity contribution < 1.29 is 0 Å². The van der Waals surface area contributed by atoms with Crippen LogP contribution in [0, 0.1) is 6.42 Å². The van der Waals surface area contributed by atoms with Gasteiger partial charge in [-0.1, -0.05) is 6.07 Å². The molecule has 0 fully saturated rings. The molecule has 0 spiro atoms. The predicted molar refractivity (Wildman–Crippen MR) is 40.9 cm³/mol. The molecule has 1 aromatic heterocycles. The summed E-state index contributed by atoms with van der Waals surface area (Å²) in [4.78, 5) is 6.37. The largest absolute Gasteiger partial charge is 0.359 e. The first-order valence-electron chi connectivity index (χ1n) is 3.37. The second-order valence-electron chi connectivity index (χ2n) is 2.50. The molecule has 0 atom stereocenters. The SMILES string of the molecule is CN1C[CH]c2cccnc21. The molecule has 0 saturated carbocycles. The summed E-state index contributed by atoms with van der Waals surface area (Å²) < 4.78 is 0. The lowest BCUT2D eigenvalue weighted by Gasteiger charge is -2.08. The van der Waals surface area contributed by atoms with E-state index in [2.05, 4.69) is 29.4 Å². The Morgan fingerprint density at radius 3 is 3.30 bits per heavy atom. The average Bonchev–Trinajstić information content (AvgIpc) is 2.34. The second kappa shape index (κ2) is 1.97. The number of hydrogen-bond acceptors (Lipinski definition) is 2. The van der Waals surface area contributed by atoms with E-state index in [9.17, 15) is 0 Å². The Hall–Kier alpha value is -1.05. The zero-order valence-corrected chi connectivity index (χ0v) is 5.91. The van der Waals surface area contributed by atoms with Crippen molar-refractivity contribution >= 4 is 5.82 Å². The van der Waals surface area contributed by atoms with Gasteiger partial charge in [0.25, 0.3) is 0 Å². The maximum absolute atomic E-state index is 4.23. The van der Waals surface area contributed by atoms with E-state index < -0.39 is 0 Å². The van der Waals surface area contributed by atoms with Gasteiger partial charge in [-0.15, -0.1) is 0 Å². The molecular formula is C8H9N2. The minimum atomic E-state index is 0.992. The molecule has 0 unspecified atom stereocenters. The van der Waals surface area contributed by atoms with Gasteiger partial charge >= 0.3 is 0 Å². The van der Waals surface area contributed by atoms with Crippen LogP contribution >= 0.6 is 0 Å². The van der Waals surface area contributed by atoms with E-state index in [1.165, 1.54) is 5.56 Å². The molecule has 2 heteroatoms. The molecule has 0 bridgehead atoms. The van der Waals surface area contributed by atoms with Gasteiger partial charge in [0.15, 0.2) is 0 Å². The number of nitrogens with zero attached hydrogens (tertiary/aromatic N) is 2. The van der Waals surface area contributed by atoms with E-state index in [1.807, 2.05) is 12.3 Å². The van der Waals surface area contributed by atoms with Gasteiger partial charge < -0.3 is 4.90 Å². The number of aromatic nitrogens is 1. The molecule has 0 saturated heterocycles. The third-order valence-electron chi connectivity index (χ3n) is 1.76. The van der Waals surface area contributed by atoms with Gasteiger partial charge in [0.1, 0.15) is 5.82 Å². The molecule has 1 aromatic rings.